The van der Waals surface area contributed by atoms with Crippen molar-refractivity contribution in [3.63, 3.8) is 0 Å². The lowest BCUT2D eigenvalue weighted by molar-refractivity contribution is -0.138. The molecule has 2 atom stereocenters. The Morgan fingerprint density at radius 2 is 2.24 bits per heavy atom. The second kappa shape index (κ2) is 6.86. The molecule has 0 bridgehead atoms. The molecular weight excluding hydrogens is 230 g/mol. The molecule has 2 unspecified atom stereocenters. The molecule has 0 aliphatic heterocycles. The summed E-state index contributed by atoms with van der Waals surface area (Å²) in [5.41, 5.74) is 5.72. The normalized spacial score (nSPS) is 24.3. The van der Waals surface area contributed by atoms with Crippen LogP contribution in [0.4, 0.5) is 8.78 Å². The quantitative estimate of drug-likeness (QED) is 0.760. The monoisotopic (exact) mass is 250 g/mol. The number of hydrogen-bond acceptors (Lipinski definition) is 3. The summed E-state index contributed by atoms with van der Waals surface area (Å²) in [6, 6.07) is 0.0276. The van der Waals surface area contributed by atoms with Crippen LogP contribution in [0.15, 0.2) is 0 Å². The highest BCUT2D eigenvalue weighted by Gasteiger charge is 2.31. The molecule has 0 heterocycles. The van der Waals surface area contributed by atoms with Crippen molar-refractivity contribution in [2.24, 2.45) is 11.7 Å². The standard InChI is InChI=1S/C11H20F2N2O2/c1-17-5-4-15(7-10(12)13)11(16)8-2-3-9(14)6-8/h8-10H,2-7,14H2,1H3. The molecule has 1 saturated carbocycles. The number of methoxy groups -OCH3 is 1. The van der Waals surface area contributed by atoms with Crippen LogP contribution in [0.5, 0.6) is 0 Å². The zero-order valence-corrected chi connectivity index (χ0v) is 10.1. The maximum Gasteiger partial charge on any atom is 0.255 e. The van der Waals surface area contributed by atoms with Crippen LogP contribution in [0.1, 0.15) is 19.3 Å². The van der Waals surface area contributed by atoms with Gasteiger partial charge < -0.3 is 15.4 Å². The van der Waals surface area contributed by atoms with Crippen LogP contribution in [0, 0.1) is 5.92 Å². The minimum absolute atomic E-state index is 0.0276. The SMILES string of the molecule is COCCN(CC(F)F)C(=O)C1CCC(N)C1. The predicted octanol–water partition coefficient (Wildman–Crippen LogP) is 0.854. The smallest absolute Gasteiger partial charge is 0.255 e. The molecule has 1 amide bonds. The van der Waals surface area contributed by atoms with Crippen molar-refractivity contribution < 1.29 is 18.3 Å². The van der Waals surface area contributed by atoms with Crippen LogP contribution in [0.2, 0.25) is 0 Å². The van der Waals surface area contributed by atoms with Gasteiger partial charge in [-0.2, -0.15) is 0 Å². The van der Waals surface area contributed by atoms with Gasteiger partial charge in [0.2, 0.25) is 5.91 Å². The van der Waals surface area contributed by atoms with Crippen molar-refractivity contribution in [3.05, 3.63) is 0 Å². The maximum atomic E-state index is 12.4. The fourth-order valence-corrected chi connectivity index (χ4v) is 2.16. The highest BCUT2D eigenvalue weighted by Crippen LogP contribution is 2.26. The fourth-order valence-electron chi connectivity index (χ4n) is 2.16. The number of halogens is 2. The third-order valence-corrected chi connectivity index (χ3v) is 3.06. The van der Waals surface area contributed by atoms with Gasteiger partial charge in [0, 0.05) is 25.6 Å². The summed E-state index contributed by atoms with van der Waals surface area (Å²) >= 11 is 0. The molecule has 4 nitrogen and oxygen atoms in total. The number of hydrogen-bond donors (Lipinski definition) is 1. The average molecular weight is 250 g/mol. The van der Waals surface area contributed by atoms with Crippen LogP contribution in [-0.4, -0.2) is 50.1 Å². The van der Waals surface area contributed by atoms with Crippen molar-refractivity contribution in [3.8, 4) is 0 Å². The number of nitrogens with zero attached hydrogens (tertiary/aromatic N) is 1. The lowest BCUT2D eigenvalue weighted by Crippen LogP contribution is -2.41. The highest BCUT2D eigenvalue weighted by molar-refractivity contribution is 5.79. The summed E-state index contributed by atoms with van der Waals surface area (Å²) in [4.78, 5) is 13.2. The predicted molar refractivity (Wildman–Crippen MR) is 59.8 cm³/mol. The first-order chi connectivity index (χ1) is 8.04. The molecule has 1 aliphatic carbocycles. The number of ether oxygens (including phenoxy) is 1. The van der Waals surface area contributed by atoms with E-state index in [0.717, 1.165) is 6.42 Å². The summed E-state index contributed by atoms with van der Waals surface area (Å²) in [5, 5.41) is 0. The second-order valence-electron chi connectivity index (χ2n) is 4.44. The molecule has 0 aromatic rings. The van der Waals surface area contributed by atoms with E-state index in [0.29, 0.717) is 12.8 Å². The fraction of sp³-hybridized carbons (Fsp3) is 0.909. The summed E-state index contributed by atoms with van der Waals surface area (Å²) in [7, 11) is 1.48. The van der Waals surface area contributed by atoms with Crippen LogP contribution >= 0.6 is 0 Å². The zero-order valence-electron chi connectivity index (χ0n) is 10.1. The van der Waals surface area contributed by atoms with E-state index in [1.807, 2.05) is 0 Å². The van der Waals surface area contributed by atoms with Gasteiger partial charge in [-0.05, 0) is 19.3 Å². The van der Waals surface area contributed by atoms with Gasteiger partial charge in [-0.25, -0.2) is 8.78 Å². The molecule has 2 N–H and O–H groups in total. The number of amides is 1. The van der Waals surface area contributed by atoms with Crippen LogP contribution in [0.25, 0.3) is 0 Å². The Kier molecular flexibility index (Phi) is 5.77. The topological polar surface area (TPSA) is 55.6 Å². The van der Waals surface area contributed by atoms with Crippen LogP contribution in [-0.2, 0) is 9.53 Å². The Labute approximate surface area is 100 Å². The number of carbonyl (C=O) groups excluding carboxylic acids is 1. The Morgan fingerprint density at radius 3 is 2.71 bits per heavy atom. The number of carbonyl (C=O) groups is 1. The molecule has 17 heavy (non-hydrogen) atoms. The lowest BCUT2D eigenvalue weighted by Gasteiger charge is -2.25. The van der Waals surface area contributed by atoms with Gasteiger partial charge in [0.05, 0.1) is 13.2 Å². The van der Waals surface area contributed by atoms with Gasteiger partial charge in [-0.1, -0.05) is 0 Å². The Hall–Kier alpha value is -0.750. The van der Waals surface area contributed by atoms with Crippen LogP contribution in [0.3, 0.4) is 0 Å². The van der Waals surface area contributed by atoms with Gasteiger partial charge in [0.25, 0.3) is 6.43 Å². The minimum atomic E-state index is -2.51. The third-order valence-electron chi connectivity index (χ3n) is 3.06. The van der Waals surface area contributed by atoms with E-state index >= 15 is 0 Å². The van der Waals surface area contributed by atoms with Gasteiger partial charge in [-0.3, -0.25) is 4.79 Å². The first-order valence-corrected chi connectivity index (χ1v) is 5.86. The molecule has 0 radical (unpaired) electrons. The Morgan fingerprint density at radius 1 is 1.53 bits per heavy atom. The maximum absolute atomic E-state index is 12.4. The molecule has 0 aromatic carbocycles. The molecule has 0 spiro atoms. The number of nitrogens with two attached hydrogens (primary N) is 1. The minimum Gasteiger partial charge on any atom is -0.383 e. The molecule has 6 heteroatoms. The molecule has 0 aromatic heterocycles. The lowest BCUT2D eigenvalue weighted by atomic mass is 10.1. The molecular formula is C11H20F2N2O2. The summed E-state index contributed by atoms with van der Waals surface area (Å²) in [6.45, 7) is -0.0312. The van der Waals surface area contributed by atoms with Crippen molar-refractivity contribution in [1.82, 2.24) is 4.90 Å². The van der Waals surface area contributed by atoms with E-state index in [9.17, 15) is 13.6 Å². The van der Waals surface area contributed by atoms with Gasteiger partial charge >= 0.3 is 0 Å². The Balaban J connectivity index is 2.52. The molecule has 100 valence electrons. The van der Waals surface area contributed by atoms with E-state index in [4.69, 9.17) is 10.5 Å². The van der Waals surface area contributed by atoms with E-state index < -0.39 is 13.0 Å². The van der Waals surface area contributed by atoms with Gasteiger partial charge in [0.1, 0.15) is 0 Å². The van der Waals surface area contributed by atoms with E-state index in [2.05, 4.69) is 0 Å². The van der Waals surface area contributed by atoms with Crippen molar-refractivity contribution in [1.29, 1.82) is 0 Å². The molecule has 0 saturated heterocycles. The van der Waals surface area contributed by atoms with Crippen molar-refractivity contribution in [2.45, 2.75) is 31.7 Å². The Bertz CT molecular complexity index is 252. The first-order valence-electron chi connectivity index (χ1n) is 5.86. The first kappa shape index (κ1) is 14.3. The highest BCUT2D eigenvalue weighted by atomic mass is 19.3. The summed E-state index contributed by atoms with van der Waals surface area (Å²) in [6.07, 6.45) is -0.410. The zero-order chi connectivity index (χ0) is 12.8. The van der Waals surface area contributed by atoms with Crippen molar-refractivity contribution >= 4 is 5.91 Å². The average Bonchev–Trinajstić information content (AvgIpc) is 2.69. The second-order valence-corrected chi connectivity index (χ2v) is 4.44. The van der Waals surface area contributed by atoms with Gasteiger partial charge in [-0.15, -0.1) is 0 Å². The van der Waals surface area contributed by atoms with E-state index in [1.54, 1.807) is 0 Å². The van der Waals surface area contributed by atoms with Gasteiger partial charge in [0.15, 0.2) is 0 Å². The molecule has 1 fully saturated rings. The molecule has 1 aliphatic rings. The third kappa shape index (κ3) is 4.55. The number of rotatable bonds is 6. The number of alkyl halides is 2. The summed E-state index contributed by atoms with van der Waals surface area (Å²) < 4.78 is 29.6. The van der Waals surface area contributed by atoms with E-state index in [-0.39, 0.29) is 31.0 Å². The van der Waals surface area contributed by atoms with Crippen LogP contribution < -0.4 is 5.73 Å². The van der Waals surface area contributed by atoms with Crippen molar-refractivity contribution in [2.75, 3.05) is 26.8 Å². The largest absolute Gasteiger partial charge is 0.383 e. The van der Waals surface area contributed by atoms with E-state index in [1.165, 1.54) is 12.0 Å². The summed E-state index contributed by atoms with van der Waals surface area (Å²) in [5.74, 6) is -0.407. The molecule has 1 rings (SSSR count).